The smallest absolute Gasteiger partial charge is 0.416 e. The highest BCUT2D eigenvalue weighted by atomic mass is 35.5. The van der Waals surface area contributed by atoms with Crippen molar-refractivity contribution in [2.45, 2.75) is 31.1 Å². The van der Waals surface area contributed by atoms with Crippen molar-refractivity contribution in [3.05, 3.63) is 104 Å². The SMILES string of the molecule is O=C(O)CCNC(=O)c1ccc(C(CC(=O)c2ccc(Cl)c(Cl)c2)C(=O)c2cc(C(F)(F)F)cc(C(F)(F)F)c2)cc1. The first-order valence-corrected chi connectivity index (χ1v) is 12.6. The van der Waals surface area contributed by atoms with Crippen molar-refractivity contribution in [1.29, 1.82) is 0 Å². The van der Waals surface area contributed by atoms with Crippen molar-refractivity contribution in [2.75, 3.05) is 6.54 Å². The van der Waals surface area contributed by atoms with E-state index in [1.54, 1.807) is 0 Å². The van der Waals surface area contributed by atoms with Gasteiger partial charge in [-0.3, -0.25) is 19.2 Å². The molecule has 0 radical (unpaired) electrons. The van der Waals surface area contributed by atoms with Crippen LogP contribution in [0.4, 0.5) is 26.3 Å². The van der Waals surface area contributed by atoms with E-state index < -0.39 is 64.8 Å². The molecule has 1 atom stereocenters. The van der Waals surface area contributed by atoms with Gasteiger partial charge in [-0.15, -0.1) is 0 Å². The fourth-order valence-corrected chi connectivity index (χ4v) is 4.18. The molecule has 3 aromatic carbocycles. The van der Waals surface area contributed by atoms with E-state index in [-0.39, 0.29) is 57.9 Å². The molecule has 0 aromatic heterocycles. The van der Waals surface area contributed by atoms with E-state index >= 15 is 0 Å². The number of hydrogen-bond acceptors (Lipinski definition) is 4. The van der Waals surface area contributed by atoms with Crippen LogP contribution in [0, 0.1) is 0 Å². The van der Waals surface area contributed by atoms with Gasteiger partial charge in [-0.2, -0.15) is 26.3 Å². The molecule has 6 nitrogen and oxygen atoms in total. The van der Waals surface area contributed by atoms with Gasteiger partial charge in [0.05, 0.1) is 33.5 Å². The number of carboxylic acid groups (broad SMARTS) is 1. The molecule has 1 unspecified atom stereocenters. The molecule has 222 valence electrons. The third-order valence-corrected chi connectivity index (χ3v) is 6.76. The van der Waals surface area contributed by atoms with Crippen LogP contribution in [0.15, 0.2) is 60.7 Å². The molecule has 0 heterocycles. The fraction of sp³-hybridized carbons (Fsp3) is 0.214. The number of benzene rings is 3. The average Bonchev–Trinajstić information content (AvgIpc) is 2.91. The van der Waals surface area contributed by atoms with Crippen molar-refractivity contribution in [3.8, 4) is 0 Å². The molecule has 0 aliphatic heterocycles. The molecule has 3 rings (SSSR count). The van der Waals surface area contributed by atoms with Crippen LogP contribution in [0.1, 0.15) is 66.5 Å². The number of nitrogens with one attached hydrogen (secondary N) is 1. The molecule has 0 saturated heterocycles. The van der Waals surface area contributed by atoms with Crippen LogP contribution in [-0.4, -0.2) is 35.1 Å². The molecule has 0 saturated carbocycles. The second kappa shape index (κ2) is 13.0. The number of ketones is 2. The number of carbonyl (C=O) groups is 4. The van der Waals surface area contributed by atoms with Crippen LogP contribution in [0.25, 0.3) is 0 Å². The number of Topliss-reactive ketones (excluding diaryl/α,β-unsaturated/α-hetero) is 2. The first-order chi connectivity index (χ1) is 19.5. The average molecular weight is 634 g/mol. The molecule has 2 N–H and O–H groups in total. The van der Waals surface area contributed by atoms with Crippen LogP contribution >= 0.6 is 23.2 Å². The Morgan fingerprint density at radius 2 is 1.29 bits per heavy atom. The quantitative estimate of drug-likeness (QED) is 0.178. The summed E-state index contributed by atoms with van der Waals surface area (Å²) in [4.78, 5) is 49.6. The molecule has 0 bridgehead atoms. The molecule has 0 fully saturated rings. The summed E-state index contributed by atoms with van der Waals surface area (Å²) in [6.07, 6.45) is -11.5. The van der Waals surface area contributed by atoms with E-state index in [4.69, 9.17) is 28.3 Å². The summed E-state index contributed by atoms with van der Waals surface area (Å²) < 4.78 is 80.7. The second-order valence-corrected chi connectivity index (χ2v) is 9.80. The molecular weight excluding hydrogens is 615 g/mol. The molecule has 3 aromatic rings. The number of carbonyl (C=O) groups excluding carboxylic acids is 3. The topological polar surface area (TPSA) is 101 Å². The standard InChI is InChI=1S/C28H19Cl2F6NO5/c29-21-6-5-16(11-22(21)30)23(38)13-20(14-1-3-15(4-2-14)26(42)37-8-7-24(39)40)25(41)17-9-18(27(31,32)33)12-19(10-17)28(34,35)36/h1-6,9-12,20H,7-8,13H2,(H,37,42)(H,39,40). The molecule has 0 spiro atoms. The second-order valence-electron chi connectivity index (χ2n) is 8.99. The van der Waals surface area contributed by atoms with E-state index in [0.717, 1.165) is 0 Å². The maximum Gasteiger partial charge on any atom is 0.416 e. The summed E-state index contributed by atoms with van der Waals surface area (Å²) in [5, 5.41) is 11.2. The number of alkyl halides is 6. The monoisotopic (exact) mass is 633 g/mol. The normalized spacial score (nSPS) is 12.5. The fourth-order valence-electron chi connectivity index (χ4n) is 3.88. The van der Waals surface area contributed by atoms with Crippen molar-refractivity contribution in [2.24, 2.45) is 0 Å². The Morgan fingerprint density at radius 1 is 0.738 bits per heavy atom. The van der Waals surface area contributed by atoms with Crippen molar-refractivity contribution < 1.29 is 50.6 Å². The Labute approximate surface area is 244 Å². The number of aliphatic carboxylic acids is 1. The number of halogens is 8. The van der Waals surface area contributed by atoms with Crippen LogP contribution < -0.4 is 5.32 Å². The number of hydrogen-bond donors (Lipinski definition) is 2. The minimum Gasteiger partial charge on any atom is -0.481 e. The van der Waals surface area contributed by atoms with E-state index in [1.807, 2.05) is 0 Å². The Balaban J connectivity index is 2.05. The Kier molecular flexibility index (Phi) is 10.1. The van der Waals surface area contributed by atoms with Gasteiger partial charge in [0, 0.05) is 29.7 Å². The highest BCUT2D eigenvalue weighted by molar-refractivity contribution is 6.42. The van der Waals surface area contributed by atoms with Crippen LogP contribution in [0.5, 0.6) is 0 Å². The summed E-state index contributed by atoms with van der Waals surface area (Å²) in [6, 6.07) is 9.07. The number of carboxylic acids is 1. The third kappa shape index (κ3) is 8.32. The Bertz CT molecular complexity index is 1490. The Hall–Kier alpha value is -3.90. The van der Waals surface area contributed by atoms with Gasteiger partial charge in [-0.05, 0) is 54.1 Å². The molecule has 1 amide bonds. The van der Waals surface area contributed by atoms with E-state index in [1.165, 1.54) is 42.5 Å². The minimum absolute atomic E-state index is 0.00338. The zero-order valence-electron chi connectivity index (χ0n) is 21.1. The molecule has 14 heteroatoms. The van der Waals surface area contributed by atoms with Gasteiger partial charge >= 0.3 is 18.3 Å². The third-order valence-electron chi connectivity index (χ3n) is 6.02. The van der Waals surface area contributed by atoms with Gasteiger partial charge in [0.1, 0.15) is 0 Å². The van der Waals surface area contributed by atoms with Gasteiger partial charge in [-0.1, -0.05) is 35.3 Å². The van der Waals surface area contributed by atoms with E-state index in [9.17, 15) is 45.5 Å². The maximum atomic E-state index is 13.5. The van der Waals surface area contributed by atoms with Gasteiger partial charge < -0.3 is 10.4 Å². The first-order valence-electron chi connectivity index (χ1n) is 11.9. The predicted molar refractivity (Wildman–Crippen MR) is 140 cm³/mol. The lowest BCUT2D eigenvalue weighted by molar-refractivity contribution is -0.143. The van der Waals surface area contributed by atoms with Crippen molar-refractivity contribution in [1.82, 2.24) is 5.32 Å². The van der Waals surface area contributed by atoms with E-state index in [2.05, 4.69) is 5.32 Å². The zero-order valence-corrected chi connectivity index (χ0v) is 22.6. The predicted octanol–water partition coefficient (Wildman–Crippen LogP) is 7.48. The van der Waals surface area contributed by atoms with Crippen LogP contribution in [-0.2, 0) is 17.1 Å². The van der Waals surface area contributed by atoms with E-state index in [0.29, 0.717) is 0 Å². The largest absolute Gasteiger partial charge is 0.481 e. The lowest BCUT2D eigenvalue weighted by atomic mass is 9.84. The summed E-state index contributed by atoms with van der Waals surface area (Å²) in [6.45, 7) is -0.188. The van der Waals surface area contributed by atoms with Crippen LogP contribution in [0.3, 0.4) is 0 Å². The first kappa shape index (κ1) is 32.6. The van der Waals surface area contributed by atoms with Gasteiger partial charge in [0.2, 0.25) is 0 Å². The van der Waals surface area contributed by atoms with Crippen molar-refractivity contribution >= 4 is 46.6 Å². The lowest BCUT2D eigenvalue weighted by Gasteiger charge is -2.19. The van der Waals surface area contributed by atoms with Gasteiger partial charge in [0.15, 0.2) is 11.6 Å². The highest BCUT2D eigenvalue weighted by Crippen LogP contribution is 2.38. The van der Waals surface area contributed by atoms with Gasteiger partial charge in [-0.25, -0.2) is 0 Å². The lowest BCUT2D eigenvalue weighted by Crippen LogP contribution is -2.26. The zero-order chi connectivity index (χ0) is 31.4. The van der Waals surface area contributed by atoms with Crippen molar-refractivity contribution in [3.63, 3.8) is 0 Å². The maximum absolute atomic E-state index is 13.5. The summed E-state index contributed by atoms with van der Waals surface area (Å²) >= 11 is 11.8. The highest BCUT2D eigenvalue weighted by Gasteiger charge is 2.38. The molecular formula is C28H19Cl2F6NO5. The van der Waals surface area contributed by atoms with Crippen LogP contribution in [0.2, 0.25) is 10.0 Å². The minimum atomic E-state index is -5.21. The summed E-state index contributed by atoms with van der Waals surface area (Å²) in [7, 11) is 0. The summed E-state index contributed by atoms with van der Waals surface area (Å²) in [5.41, 5.74) is -4.32. The van der Waals surface area contributed by atoms with Gasteiger partial charge in [0.25, 0.3) is 5.91 Å². The molecule has 42 heavy (non-hydrogen) atoms. The molecule has 0 aliphatic carbocycles. The number of rotatable bonds is 10. The molecule has 0 aliphatic rings. The summed E-state index contributed by atoms with van der Waals surface area (Å²) in [5.74, 6) is -5.32. The Morgan fingerprint density at radius 3 is 1.79 bits per heavy atom. The number of amides is 1.